The highest BCUT2D eigenvalue weighted by atomic mass is 16.5. The number of aryl methyl sites for hydroxylation is 1. The van der Waals surface area contributed by atoms with E-state index in [1.165, 1.54) is 5.56 Å². The quantitative estimate of drug-likeness (QED) is 0.758. The van der Waals surface area contributed by atoms with Gasteiger partial charge in [0.25, 0.3) is 0 Å². The lowest BCUT2D eigenvalue weighted by molar-refractivity contribution is 0.306. The van der Waals surface area contributed by atoms with Gasteiger partial charge in [-0.05, 0) is 56.2 Å². The van der Waals surface area contributed by atoms with Crippen molar-refractivity contribution in [3.63, 3.8) is 0 Å². The molecule has 1 aromatic heterocycles. The van der Waals surface area contributed by atoms with Gasteiger partial charge in [0.1, 0.15) is 12.4 Å². The van der Waals surface area contributed by atoms with Crippen LogP contribution in [0, 0.1) is 6.92 Å². The third kappa shape index (κ3) is 4.12. The number of hydrogen-bond acceptors (Lipinski definition) is 3. The molecule has 3 rings (SSSR count). The highest BCUT2D eigenvalue weighted by Crippen LogP contribution is 2.25. The minimum atomic E-state index is -0.258. The SMILES string of the molecule is Cc1cc(CC(C)(C)N)nc2ccc(OCc3ccccc3)cc12. The fraction of sp³-hybridized carbons (Fsp3) is 0.286. The second-order valence-electron chi connectivity index (χ2n) is 7.05. The summed E-state index contributed by atoms with van der Waals surface area (Å²) in [4.78, 5) is 4.75. The van der Waals surface area contributed by atoms with Gasteiger partial charge in [-0.2, -0.15) is 0 Å². The highest BCUT2D eigenvalue weighted by molar-refractivity contribution is 5.83. The molecule has 0 saturated heterocycles. The maximum Gasteiger partial charge on any atom is 0.120 e. The van der Waals surface area contributed by atoms with Gasteiger partial charge in [-0.3, -0.25) is 4.98 Å². The Morgan fingerprint density at radius 1 is 1.04 bits per heavy atom. The first-order valence-corrected chi connectivity index (χ1v) is 8.27. The monoisotopic (exact) mass is 320 g/mol. The van der Waals surface area contributed by atoms with E-state index in [-0.39, 0.29) is 5.54 Å². The predicted molar refractivity (Wildman–Crippen MR) is 99.2 cm³/mol. The summed E-state index contributed by atoms with van der Waals surface area (Å²) in [6.45, 7) is 6.72. The normalized spacial score (nSPS) is 11.7. The molecule has 2 N–H and O–H groups in total. The maximum atomic E-state index is 6.12. The second kappa shape index (κ2) is 6.62. The zero-order valence-corrected chi connectivity index (χ0v) is 14.5. The van der Waals surface area contributed by atoms with Crippen molar-refractivity contribution >= 4 is 10.9 Å². The molecule has 1 heterocycles. The summed E-state index contributed by atoms with van der Waals surface area (Å²) in [5.74, 6) is 0.864. The van der Waals surface area contributed by atoms with Crippen LogP contribution in [0.4, 0.5) is 0 Å². The summed E-state index contributed by atoms with van der Waals surface area (Å²) in [7, 11) is 0. The van der Waals surface area contributed by atoms with Crippen molar-refractivity contribution in [3.05, 3.63) is 71.4 Å². The van der Waals surface area contributed by atoms with E-state index in [0.717, 1.165) is 34.3 Å². The van der Waals surface area contributed by atoms with Crippen LogP contribution in [0.15, 0.2) is 54.6 Å². The van der Waals surface area contributed by atoms with Gasteiger partial charge in [-0.25, -0.2) is 0 Å². The lowest BCUT2D eigenvalue weighted by atomic mass is 9.98. The van der Waals surface area contributed by atoms with Gasteiger partial charge in [-0.15, -0.1) is 0 Å². The first-order chi connectivity index (χ1) is 11.4. The number of ether oxygens (including phenoxy) is 1. The van der Waals surface area contributed by atoms with Crippen LogP contribution in [0.3, 0.4) is 0 Å². The van der Waals surface area contributed by atoms with Gasteiger partial charge in [0.15, 0.2) is 0 Å². The number of fused-ring (bicyclic) bond motifs is 1. The molecule has 0 bridgehead atoms. The molecule has 24 heavy (non-hydrogen) atoms. The molecule has 0 aliphatic heterocycles. The topological polar surface area (TPSA) is 48.1 Å². The second-order valence-corrected chi connectivity index (χ2v) is 7.05. The number of hydrogen-bond donors (Lipinski definition) is 1. The fourth-order valence-electron chi connectivity index (χ4n) is 2.83. The Labute approximate surface area is 143 Å². The lowest BCUT2D eigenvalue weighted by Crippen LogP contribution is -2.34. The molecule has 3 aromatic rings. The molecule has 0 aliphatic carbocycles. The summed E-state index contributed by atoms with van der Waals surface area (Å²) in [5, 5.41) is 1.12. The van der Waals surface area contributed by atoms with Gasteiger partial charge in [0.05, 0.1) is 5.52 Å². The molecule has 0 fully saturated rings. The molecule has 0 amide bonds. The molecule has 2 aromatic carbocycles. The fourth-order valence-corrected chi connectivity index (χ4v) is 2.83. The van der Waals surface area contributed by atoms with Crippen LogP contribution < -0.4 is 10.5 Å². The van der Waals surface area contributed by atoms with Gasteiger partial charge < -0.3 is 10.5 Å². The van der Waals surface area contributed by atoms with E-state index in [9.17, 15) is 0 Å². The Balaban J connectivity index is 1.83. The van der Waals surface area contributed by atoms with E-state index in [1.807, 2.05) is 44.2 Å². The van der Waals surface area contributed by atoms with Crippen LogP contribution in [-0.4, -0.2) is 10.5 Å². The zero-order valence-electron chi connectivity index (χ0n) is 14.5. The summed E-state index contributed by atoms with van der Waals surface area (Å²) in [5.41, 5.74) is 10.2. The Morgan fingerprint density at radius 3 is 2.50 bits per heavy atom. The van der Waals surface area contributed by atoms with Crippen molar-refractivity contribution in [1.29, 1.82) is 0 Å². The first kappa shape index (κ1) is 16.5. The molecule has 0 aliphatic rings. The molecular formula is C21H24N2O. The first-order valence-electron chi connectivity index (χ1n) is 8.27. The zero-order chi connectivity index (χ0) is 17.2. The van der Waals surface area contributed by atoms with Gasteiger partial charge >= 0.3 is 0 Å². The molecule has 0 atom stereocenters. The summed E-state index contributed by atoms with van der Waals surface area (Å²) >= 11 is 0. The van der Waals surface area contributed by atoms with Crippen molar-refractivity contribution in [2.45, 2.75) is 39.3 Å². The summed E-state index contributed by atoms with van der Waals surface area (Å²) in [6, 6.07) is 18.4. The molecule has 124 valence electrons. The Kier molecular flexibility index (Phi) is 4.54. The van der Waals surface area contributed by atoms with E-state index in [4.69, 9.17) is 15.5 Å². The smallest absolute Gasteiger partial charge is 0.120 e. The van der Waals surface area contributed by atoms with Crippen molar-refractivity contribution in [2.75, 3.05) is 0 Å². The molecule has 0 saturated carbocycles. The van der Waals surface area contributed by atoms with E-state index >= 15 is 0 Å². The van der Waals surface area contributed by atoms with E-state index < -0.39 is 0 Å². The average molecular weight is 320 g/mol. The van der Waals surface area contributed by atoms with Gasteiger partial charge in [-0.1, -0.05) is 30.3 Å². The largest absolute Gasteiger partial charge is 0.489 e. The molecule has 3 nitrogen and oxygen atoms in total. The highest BCUT2D eigenvalue weighted by Gasteiger charge is 2.14. The van der Waals surface area contributed by atoms with Crippen LogP contribution in [0.25, 0.3) is 10.9 Å². The van der Waals surface area contributed by atoms with Crippen LogP contribution in [0.5, 0.6) is 5.75 Å². The van der Waals surface area contributed by atoms with Crippen LogP contribution in [0.1, 0.15) is 30.7 Å². The minimum absolute atomic E-state index is 0.258. The van der Waals surface area contributed by atoms with Gasteiger partial charge in [0, 0.05) is 23.0 Å². The maximum absolute atomic E-state index is 6.12. The number of nitrogens with two attached hydrogens (primary N) is 1. The van der Waals surface area contributed by atoms with Crippen molar-refractivity contribution in [2.24, 2.45) is 5.73 Å². The Bertz CT molecular complexity index is 836. The van der Waals surface area contributed by atoms with Crippen LogP contribution in [0.2, 0.25) is 0 Å². The van der Waals surface area contributed by atoms with Gasteiger partial charge in [0.2, 0.25) is 0 Å². The van der Waals surface area contributed by atoms with Crippen LogP contribution in [-0.2, 0) is 13.0 Å². The lowest BCUT2D eigenvalue weighted by Gasteiger charge is -2.18. The summed E-state index contributed by atoms with van der Waals surface area (Å²) < 4.78 is 5.92. The number of benzene rings is 2. The van der Waals surface area contributed by atoms with Crippen molar-refractivity contribution < 1.29 is 4.74 Å². The van der Waals surface area contributed by atoms with Crippen molar-refractivity contribution in [3.8, 4) is 5.75 Å². The molecule has 0 spiro atoms. The molecule has 3 heteroatoms. The minimum Gasteiger partial charge on any atom is -0.489 e. The molecule has 0 radical (unpaired) electrons. The third-order valence-corrected chi connectivity index (χ3v) is 3.93. The number of aromatic nitrogens is 1. The van der Waals surface area contributed by atoms with E-state index in [2.05, 4.69) is 31.2 Å². The molecule has 0 unspecified atom stereocenters. The molecular weight excluding hydrogens is 296 g/mol. The standard InChI is InChI=1S/C21H24N2O/c1-15-11-17(13-21(2,3)22)23-20-10-9-18(12-19(15)20)24-14-16-7-5-4-6-8-16/h4-12H,13-14,22H2,1-3H3. The van der Waals surface area contributed by atoms with Crippen molar-refractivity contribution in [1.82, 2.24) is 4.98 Å². The Hall–Kier alpha value is -2.39. The van der Waals surface area contributed by atoms with Crippen LogP contribution >= 0.6 is 0 Å². The van der Waals surface area contributed by atoms with E-state index in [0.29, 0.717) is 6.61 Å². The number of nitrogens with zero attached hydrogens (tertiary/aromatic N) is 1. The van der Waals surface area contributed by atoms with E-state index in [1.54, 1.807) is 0 Å². The number of rotatable bonds is 5. The Morgan fingerprint density at radius 2 is 1.79 bits per heavy atom. The third-order valence-electron chi connectivity index (χ3n) is 3.93. The number of pyridine rings is 1. The summed E-state index contributed by atoms with van der Waals surface area (Å²) in [6.07, 6.45) is 0.760. The predicted octanol–water partition coefficient (Wildman–Crippen LogP) is 4.40. The average Bonchev–Trinajstić information content (AvgIpc) is 2.52.